The minimum absolute atomic E-state index is 0.000463. The van der Waals surface area contributed by atoms with Gasteiger partial charge in [-0.25, -0.2) is 4.39 Å². The largest absolute Gasteiger partial charge is 0.496 e. The third kappa shape index (κ3) is 2.36. The van der Waals surface area contributed by atoms with Crippen LogP contribution in [0.2, 0.25) is 0 Å². The molecule has 0 saturated heterocycles. The standard InChI is InChI=1S/C16H22FNO/c1-10(16-13(17)4-3-5-15(16)19-2)18-14-9-11-6-7-12(14)8-11/h3-5,10-12,14,18H,6-9H2,1-2H3. The van der Waals surface area contributed by atoms with E-state index in [-0.39, 0.29) is 11.9 Å². The molecule has 0 aliphatic heterocycles. The van der Waals surface area contributed by atoms with E-state index in [9.17, 15) is 4.39 Å². The Bertz CT molecular complexity index is 462. The van der Waals surface area contributed by atoms with E-state index < -0.39 is 0 Å². The summed E-state index contributed by atoms with van der Waals surface area (Å²) in [5, 5.41) is 3.62. The summed E-state index contributed by atoms with van der Waals surface area (Å²) >= 11 is 0. The van der Waals surface area contributed by atoms with Gasteiger partial charge in [0, 0.05) is 17.6 Å². The van der Waals surface area contributed by atoms with Crippen LogP contribution in [-0.2, 0) is 0 Å². The molecule has 0 amide bonds. The first-order chi connectivity index (χ1) is 9.19. The van der Waals surface area contributed by atoms with Crippen molar-refractivity contribution in [3.63, 3.8) is 0 Å². The zero-order valence-corrected chi connectivity index (χ0v) is 11.7. The fourth-order valence-electron chi connectivity index (χ4n) is 3.97. The van der Waals surface area contributed by atoms with Crippen LogP contribution in [0.25, 0.3) is 0 Å². The van der Waals surface area contributed by atoms with E-state index in [0.717, 1.165) is 11.8 Å². The minimum Gasteiger partial charge on any atom is -0.496 e. The molecule has 19 heavy (non-hydrogen) atoms. The molecular formula is C16H22FNO. The summed E-state index contributed by atoms with van der Waals surface area (Å²) in [7, 11) is 1.60. The second-order valence-corrected chi connectivity index (χ2v) is 6.03. The van der Waals surface area contributed by atoms with E-state index in [1.807, 2.05) is 13.0 Å². The van der Waals surface area contributed by atoms with Gasteiger partial charge in [0.05, 0.1) is 7.11 Å². The maximum absolute atomic E-state index is 14.0. The molecule has 3 rings (SSSR count). The summed E-state index contributed by atoms with van der Waals surface area (Å²) in [6.07, 6.45) is 5.34. The van der Waals surface area contributed by atoms with Gasteiger partial charge < -0.3 is 10.1 Å². The number of rotatable bonds is 4. The molecule has 0 radical (unpaired) electrons. The number of hydrogen-bond donors (Lipinski definition) is 1. The molecule has 4 atom stereocenters. The normalized spacial score (nSPS) is 30.6. The van der Waals surface area contributed by atoms with Crippen LogP contribution in [0.4, 0.5) is 4.39 Å². The molecule has 2 fully saturated rings. The van der Waals surface area contributed by atoms with Gasteiger partial charge in [-0.2, -0.15) is 0 Å². The molecule has 2 bridgehead atoms. The quantitative estimate of drug-likeness (QED) is 0.895. The summed E-state index contributed by atoms with van der Waals surface area (Å²) in [5.41, 5.74) is 0.660. The lowest BCUT2D eigenvalue weighted by Crippen LogP contribution is -2.36. The lowest BCUT2D eigenvalue weighted by molar-refractivity contribution is 0.317. The first-order valence-electron chi connectivity index (χ1n) is 7.27. The summed E-state index contributed by atoms with van der Waals surface area (Å²) in [6, 6.07) is 5.59. The van der Waals surface area contributed by atoms with E-state index in [4.69, 9.17) is 4.74 Å². The van der Waals surface area contributed by atoms with Gasteiger partial charge in [-0.15, -0.1) is 0 Å². The van der Waals surface area contributed by atoms with Crippen molar-refractivity contribution >= 4 is 0 Å². The molecule has 2 saturated carbocycles. The Kier molecular flexibility index (Phi) is 3.48. The van der Waals surface area contributed by atoms with Crippen molar-refractivity contribution in [2.75, 3.05) is 7.11 Å². The van der Waals surface area contributed by atoms with Crippen LogP contribution < -0.4 is 10.1 Å². The summed E-state index contributed by atoms with van der Waals surface area (Å²) < 4.78 is 19.3. The topological polar surface area (TPSA) is 21.3 Å². The highest BCUT2D eigenvalue weighted by atomic mass is 19.1. The van der Waals surface area contributed by atoms with Crippen LogP contribution in [0.5, 0.6) is 5.75 Å². The summed E-state index contributed by atoms with van der Waals surface area (Å²) in [5.74, 6) is 2.16. The second-order valence-electron chi connectivity index (χ2n) is 6.03. The first kappa shape index (κ1) is 12.9. The Labute approximate surface area is 114 Å². The van der Waals surface area contributed by atoms with Crippen molar-refractivity contribution in [3.05, 3.63) is 29.6 Å². The predicted molar refractivity (Wildman–Crippen MR) is 73.7 cm³/mol. The van der Waals surface area contributed by atoms with Gasteiger partial charge in [-0.1, -0.05) is 12.5 Å². The zero-order valence-electron chi connectivity index (χ0n) is 11.7. The zero-order chi connectivity index (χ0) is 13.4. The van der Waals surface area contributed by atoms with Crippen LogP contribution in [0, 0.1) is 17.7 Å². The SMILES string of the molecule is COc1cccc(F)c1C(C)NC1CC2CCC1C2. The number of methoxy groups -OCH3 is 1. The van der Waals surface area contributed by atoms with Crippen molar-refractivity contribution in [2.45, 2.75) is 44.7 Å². The monoisotopic (exact) mass is 263 g/mol. The van der Waals surface area contributed by atoms with Crippen LogP contribution in [0.3, 0.4) is 0 Å². The molecule has 2 nitrogen and oxygen atoms in total. The van der Waals surface area contributed by atoms with Crippen molar-refractivity contribution in [3.8, 4) is 5.75 Å². The van der Waals surface area contributed by atoms with E-state index >= 15 is 0 Å². The Morgan fingerprint density at radius 1 is 1.32 bits per heavy atom. The number of ether oxygens (including phenoxy) is 1. The summed E-state index contributed by atoms with van der Waals surface area (Å²) in [6.45, 7) is 2.03. The number of hydrogen-bond acceptors (Lipinski definition) is 2. The van der Waals surface area contributed by atoms with E-state index in [1.165, 1.54) is 31.7 Å². The average Bonchev–Trinajstić information content (AvgIpc) is 3.00. The summed E-state index contributed by atoms with van der Waals surface area (Å²) in [4.78, 5) is 0. The van der Waals surface area contributed by atoms with Gasteiger partial charge in [0.1, 0.15) is 11.6 Å². The fraction of sp³-hybridized carbons (Fsp3) is 0.625. The Balaban J connectivity index is 1.75. The highest BCUT2D eigenvalue weighted by Gasteiger charge is 2.40. The number of nitrogens with one attached hydrogen (secondary N) is 1. The van der Waals surface area contributed by atoms with Crippen LogP contribution in [0.1, 0.15) is 44.2 Å². The Morgan fingerprint density at radius 2 is 2.16 bits per heavy atom. The van der Waals surface area contributed by atoms with Crippen LogP contribution in [0.15, 0.2) is 18.2 Å². The molecule has 104 valence electrons. The van der Waals surface area contributed by atoms with Crippen molar-refractivity contribution in [1.29, 1.82) is 0 Å². The molecule has 4 unspecified atom stereocenters. The third-order valence-electron chi connectivity index (χ3n) is 4.87. The van der Waals surface area contributed by atoms with Crippen molar-refractivity contribution in [2.24, 2.45) is 11.8 Å². The van der Waals surface area contributed by atoms with Crippen LogP contribution in [-0.4, -0.2) is 13.2 Å². The molecule has 0 spiro atoms. The molecule has 0 heterocycles. The third-order valence-corrected chi connectivity index (χ3v) is 4.87. The van der Waals surface area contributed by atoms with E-state index in [1.54, 1.807) is 13.2 Å². The van der Waals surface area contributed by atoms with Gasteiger partial charge in [0.2, 0.25) is 0 Å². The highest BCUT2D eigenvalue weighted by molar-refractivity contribution is 5.37. The number of benzene rings is 1. The van der Waals surface area contributed by atoms with E-state index in [2.05, 4.69) is 5.32 Å². The van der Waals surface area contributed by atoms with E-state index in [0.29, 0.717) is 17.4 Å². The molecule has 0 aromatic heterocycles. The molecule has 1 N–H and O–H groups in total. The maximum atomic E-state index is 14.0. The Hall–Kier alpha value is -1.09. The van der Waals surface area contributed by atoms with Crippen LogP contribution >= 0.6 is 0 Å². The van der Waals surface area contributed by atoms with Gasteiger partial charge in [-0.3, -0.25) is 0 Å². The number of halogens is 1. The molecule has 1 aromatic rings. The molecule has 1 aromatic carbocycles. The lowest BCUT2D eigenvalue weighted by Gasteiger charge is -2.28. The predicted octanol–water partition coefficient (Wildman–Crippen LogP) is 3.67. The minimum atomic E-state index is -0.178. The first-order valence-corrected chi connectivity index (χ1v) is 7.27. The van der Waals surface area contributed by atoms with Gasteiger partial charge in [-0.05, 0) is 50.2 Å². The second kappa shape index (κ2) is 5.12. The molecule has 2 aliphatic rings. The Morgan fingerprint density at radius 3 is 2.79 bits per heavy atom. The van der Waals surface area contributed by atoms with Crippen molar-refractivity contribution < 1.29 is 9.13 Å². The average molecular weight is 263 g/mol. The number of fused-ring (bicyclic) bond motifs is 2. The molecule has 3 heteroatoms. The van der Waals surface area contributed by atoms with Gasteiger partial charge in [0.25, 0.3) is 0 Å². The highest BCUT2D eigenvalue weighted by Crippen LogP contribution is 2.45. The lowest BCUT2D eigenvalue weighted by atomic mass is 9.94. The van der Waals surface area contributed by atoms with Crippen molar-refractivity contribution in [1.82, 2.24) is 5.32 Å². The van der Waals surface area contributed by atoms with Gasteiger partial charge >= 0.3 is 0 Å². The van der Waals surface area contributed by atoms with Gasteiger partial charge in [0.15, 0.2) is 0 Å². The maximum Gasteiger partial charge on any atom is 0.131 e. The fourth-order valence-corrected chi connectivity index (χ4v) is 3.97. The smallest absolute Gasteiger partial charge is 0.131 e. The molecule has 2 aliphatic carbocycles. The molecular weight excluding hydrogens is 241 g/mol.